The minimum Gasteiger partial charge on any atom is -0.359 e. The molecule has 2 aliphatic rings. The number of nitrogens with one attached hydrogen (secondary N) is 1. The maximum atomic E-state index is 12.1. The summed E-state index contributed by atoms with van der Waals surface area (Å²) in [4.78, 5) is 32.1. The Labute approximate surface area is 132 Å². The normalized spacial score (nSPS) is 21.8. The van der Waals surface area contributed by atoms with E-state index in [2.05, 4.69) is 25.4 Å². The number of carbonyl (C=O) groups is 2. The maximum Gasteiger partial charge on any atom is 0.225 e. The molecule has 9 nitrogen and oxygen atoms in total. The molecule has 2 aliphatic heterocycles. The average molecular weight is 315 g/mol. The van der Waals surface area contributed by atoms with Gasteiger partial charge in [-0.25, -0.2) is 4.98 Å². The lowest BCUT2D eigenvalue weighted by Gasteiger charge is -2.44. The SMILES string of the molecule is CNC(=O)C1CC(=O)N(C2CN(c3nccn4cnnc34)C2)C1. The van der Waals surface area contributed by atoms with Crippen LogP contribution in [0.4, 0.5) is 5.82 Å². The summed E-state index contributed by atoms with van der Waals surface area (Å²) in [5.41, 5.74) is 0.710. The van der Waals surface area contributed by atoms with Gasteiger partial charge in [-0.05, 0) is 0 Å². The largest absolute Gasteiger partial charge is 0.359 e. The molecule has 2 aromatic rings. The number of amides is 2. The van der Waals surface area contributed by atoms with E-state index >= 15 is 0 Å². The second kappa shape index (κ2) is 5.18. The number of nitrogens with zero attached hydrogens (tertiary/aromatic N) is 6. The van der Waals surface area contributed by atoms with Crippen LogP contribution in [0.1, 0.15) is 6.42 Å². The summed E-state index contributed by atoms with van der Waals surface area (Å²) in [7, 11) is 1.60. The van der Waals surface area contributed by atoms with Gasteiger partial charge in [0.2, 0.25) is 17.5 Å². The van der Waals surface area contributed by atoms with Crippen molar-refractivity contribution >= 4 is 23.3 Å². The van der Waals surface area contributed by atoms with Crippen molar-refractivity contribution in [2.75, 3.05) is 31.6 Å². The number of hydrogen-bond acceptors (Lipinski definition) is 6. The van der Waals surface area contributed by atoms with Gasteiger partial charge >= 0.3 is 0 Å². The number of aromatic nitrogens is 4. The molecule has 0 aromatic carbocycles. The molecule has 0 aliphatic carbocycles. The fourth-order valence-corrected chi connectivity index (χ4v) is 3.26. The van der Waals surface area contributed by atoms with Crippen LogP contribution < -0.4 is 10.2 Å². The Morgan fingerprint density at radius 3 is 2.96 bits per heavy atom. The van der Waals surface area contributed by atoms with Gasteiger partial charge in [-0.3, -0.25) is 14.0 Å². The minimum atomic E-state index is -0.236. The van der Waals surface area contributed by atoms with Gasteiger partial charge in [0.15, 0.2) is 5.82 Å². The zero-order chi connectivity index (χ0) is 16.0. The van der Waals surface area contributed by atoms with Crippen LogP contribution in [0.25, 0.3) is 5.65 Å². The van der Waals surface area contributed by atoms with E-state index in [0.717, 1.165) is 5.82 Å². The van der Waals surface area contributed by atoms with Crippen molar-refractivity contribution in [2.45, 2.75) is 12.5 Å². The van der Waals surface area contributed by atoms with E-state index in [0.29, 0.717) is 31.7 Å². The van der Waals surface area contributed by atoms with Gasteiger partial charge in [0, 0.05) is 45.5 Å². The number of rotatable bonds is 3. The molecule has 0 saturated carbocycles. The Morgan fingerprint density at radius 2 is 2.17 bits per heavy atom. The van der Waals surface area contributed by atoms with E-state index < -0.39 is 0 Å². The van der Waals surface area contributed by atoms with Crippen molar-refractivity contribution in [3.63, 3.8) is 0 Å². The standard InChI is InChI=1S/C14H17N7O2/c1-15-14(23)9-4-11(22)21(5-9)10-6-20(7-10)12-13-18-17-8-19(13)3-2-16-12/h2-3,8-10H,4-7H2,1H3,(H,15,23). The number of carbonyl (C=O) groups excluding carboxylic acids is 2. The lowest BCUT2D eigenvalue weighted by molar-refractivity contribution is -0.130. The summed E-state index contributed by atoms with van der Waals surface area (Å²) in [6.45, 7) is 1.90. The second-order valence-electron chi connectivity index (χ2n) is 5.93. The van der Waals surface area contributed by atoms with Gasteiger partial charge in [0.25, 0.3) is 0 Å². The molecule has 0 bridgehead atoms. The molecule has 1 unspecified atom stereocenters. The van der Waals surface area contributed by atoms with E-state index in [4.69, 9.17) is 0 Å². The topological polar surface area (TPSA) is 95.7 Å². The first-order chi connectivity index (χ1) is 11.2. The highest BCUT2D eigenvalue weighted by atomic mass is 16.2. The molecule has 2 fully saturated rings. The van der Waals surface area contributed by atoms with E-state index in [-0.39, 0.29) is 23.8 Å². The van der Waals surface area contributed by atoms with Crippen molar-refractivity contribution in [1.82, 2.24) is 29.8 Å². The zero-order valence-corrected chi connectivity index (χ0v) is 12.7. The molecule has 9 heteroatoms. The summed E-state index contributed by atoms with van der Waals surface area (Å²) in [6.07, 6.45) is 5.44. The summed E-state index contributed by atoms with van der Waals surface area (Å²) in [5.74, 6) is 0.527. The van der Waals surface area contributed by atoms with Gasteiger partial charge in [-0.15, -0.1) is 10.2 Å². The van der Waals surface area contributed by atoms with E-state index in [1.165, 1.54) is 0 Å². The predicted molar refractivity (Wildman–Crippen MR) is 80.7 cm³/mol. The quantitative estimate of drug-likeness (QED) is 0.773. The third kappa shape index (κ3) is 2.19. The Morgan fingerprint density at radius 1 is 1.35 bits per heavy atom. The van der Waals surface area contributed by atoms with Crippen LogP contribution in [-0.2, 0) is 9.59 Å². The van der Waals surface area contributed by atoms with Gasteiger partial charge in [-0.1, -0.05) is 0 Å². The molecule has 23 heavy (non-hydrogen) atoms. The molecule has 0 spiro atoms. The second-order valence-corrected chi connectivity index (χ2v) is 5.93. The maximum absolute atomic E-state index is 12.1. The van der Waals surface area contributed by atoms with Crippen molar-refractivity contribution in [3.8, 4) is 0 Å². The number of fused-ring (bicyclic) bond motifs is 1. The molecule has 2 aromatic heterocycles. The summed E-state index contributed by atoms with van der Waals surface area (Å²) in [5, 5.41) is 10.6. The fraction of sp³-hybridized carbons (Fsp3) is 0.500. The molecule has 1 N–H and O–H groups in total. The van der Waals surface area contributed by atoms with Crippen LogP contribution in [0.15, 0.2) is 18.7 Å². The monoisotopic (exact) mass is 315 g/mol. The summed E-state index contributed by atoms with van der Waals surface area (Å²) in [6, 6.07) is 0.127. The molecular formula is C14H17N7O2. The Kier molecular flexibility index (Phi) is 3.14. The van der Waals surface area contributed by atoms with Crippen molar-refractivity contribution in [3.05, 3.63) is 18.7 Å². The fourth-order valence-electron chi connectivity index (χ4n) is 3.26. The van der Waals surface area contributed by atoms with E-state index in [1.54, 1.807) is 25.8 Å². The molecule has 2 saturated heterocycles. The molecular weight excluding hydrogens is 298 g/mol. The lowest BCUT2D eigenvalue weighted by atomic mass is 10.1. The molecule has 4 heterocycles. The third-order valence-electron chi connectivity index (χ3n) is 4.58. The van der Waals surface area contributed by atoms with Crippen LogP contribution in [-0.4, -0.2) is 69.0 Å². The van der Waals surface area contributed by atoms with Gasteiger partial charge < -0.3 is 15.1 Å². The predicted octanol–water partition coefficient (Wildman–Crippen LogP) is -1.09. The third-order valence-corrected chi connectivity index (χ3v) is 4.58. The molecule has 1 atom stereocenters. The number of likely N-dealkylation sites (tertiary alicyclic amines) is 1. The first-order valence-electron chi connectivity index (χ1n) is 7.57. The first kappa shape index (κ1) is 13.9. The Bertz CT molecular complexity index is 767. The molecule has 0 radical (unpaired) electrons. The smallest absolute Gasteiger partial charge is 0.225 e. The Balaban J connectivity index is 1.45. The molecule has 120 valence electrons. The number of hydrogen-bond donors (Lipinski definition) is 1. The van der Waals surface area contributed by atoms with Crippen LogP contribution in [0.3, 0.4) is 0 Å². The lowest BCUT2D eigenvalue weighted by Crippen LogP contribution is -2.60. The van der Waals surface area contributed by atoms with Gasteiger partial charge in [0.1, 0.15) is 6.33 Å². The number of anilines is 1. The highest BCUT2D eigenvalue weighted by molar-refractivity contribution is 5.89. The first-order valence-corrected chi connectivity index (χ1v) is 7.57. The van der Waals surface area contributed by atoms with Crippen LogP contribution in [0.2, 0.25) is 0 Å². The average Bonchev–Trinajstić information content (AvgIpc) is 3.12. The summed E-state index contributed by atoms with van der Waals surface area (Å²) < 4.78 is 1.82. The van der Waals surface area contributed by atoms with E-state index in [9.17, 15) is 9.59 Å². The zero-order valence-electron chi connectivity index (χ0n) is 12.7. The highest BCUT2D eigenvalue weighted by Crippen LogP contribution is 2.28. The highest BCUT2D eigenvalue weighted by Gasteiger charge is 2.42. The van der Waals surface area contributed by atoms with Gasteiger partial charge in [-0.2, -0.15) is 0 Å². The van der Waals surface area contributed by atoms with Crippen LogP contribution in [0, 0.1) is 5.92 Å². The van der Waals surface area contributed by atoms with Crippen molar-refractivity contribution < 1.29 is 9.59 Å². The Hall–Kier alpha value is -2.71. The van der Waals surface area contributed by atoms with Crippen molar-refractivity contribution in [1.29, 1.82) is 0 Å². The molecule has 2 amide bonds. The van der Waals surface area contributed by atoms with Crippen LogP contribution in [0.5, 0.6) is 0 Å². The van der Waals surface area contributed by atoms with Crippen molar-refractivity contribution in [2.24, 2.45) is 5.92 Å². The van der Waals surface area contributed by atoms with Gasteiger partial charge in [0.05, 0.1) is 12.0 Å². The summed E-state index contributed by atoms with van der Waals surface area (Å²) >= 11 is 0. The van der Waals surface area contributed by atoms with E-state index in [1.807, 2.05) is 9.30 Å². The van der Waals surface area contributed by atoms with Crippen LogP contribution >= 0.6 is 0 Å². The molecule has 4 rings (SSSR count). The minimum absolute atomic E-state index is 0.0527.